The minimum atomic E-state index is -4.52. The molecular formula is C28H22F5NO3. The van der Waals surface area contributed by atoms with Crippen LogP contribution in [-0.4, -0.2) is 50.1 Å². The molecule has 4 nitrogen and oxygen atoms in total. The predicted octanol–water partition coefficient (Wildman–Crippen LogP) is 5.85. The molecule has 1 aliphatic heterocycles. The molecule has 0 aromatic heterocycles. The maximum Gasteiger partial charge on any atom is 0.416 e. The molecule has 37 heavy (non-hydrogen) atoms. The number of rotatable bonds is 6. The molecule has 0 saturated carbocycles. The van der Waals surface area contributed by atoms with E-state index in [-0.39, 0.29) is 16.7 Å². The van der Waals surface area contributed by atoms with E-state index in [1.165, 1.54) is 18.2 Å². The Morgan fingerprint density at radius 3 is 2.19 bits per heavy atom. The number of morpholine rings is 1. The molecule has 1 fully saturated rings. The second kappa shape index (κ2) is 10.1. The standard InChI is InChI=1S/C28H22F5NO3/c29-23-8-3-18(15-24(23)30)26-25(17-1-4-19(5-2-17)28(31,32)33)21-7-6-20(16-22(21)27(26)35)37-14-11-34-9-12-36-13-10-34/h1-8,15-16H,9-14H2. The second-order valence-electron chi connectivity index (χ2n) is 8.79. The molecule has 0 radical (unpaired) electrons. The molecule has 2 aliphatic rings. The predicted molar refractivity (Wildman–Crippen MR) is 127 cm³/mol. The summed E-state index contributed by atoms with van der Waals surface area (Å²) in [6, 6.07) is 12.4. The monoisotopic (exact) mass is 515 g/mol. The van der Waals surface area contributed by atoms with Gasteiger partial charge in [-0.15, -0.1) is 0 Å². The highest BCUT2D eigenvalue weighted by molar-refractivity contribution is 6.41. The van der Waals surface area contributed by atoms with Crippen molar-refractivity contribution >= 4 is 16.9 Å². The highest BCUT2D eigenvalue weighted by Gasteiger charge is 2.34. The van der Waals surface area contributed by atoms with Crippen LogP contribution < -0.4 is 4.74 Å². The van der Waals surface area contributed by atoms with Crippen LogP contribution in [-0.2, 0) is 10.9 Å². The van der Waals surface area contributed by atoms with Gasteiger partial charge in [0.25, 0.3) is 0 Å². The Balaban J connectivity index is 1.50. The van der Waals surface area contributed by atoms with Gasteiger partial charge in [-0.3, -0.25) is 9.69 Å². The average molecular weight is 515 g/mol. The highest BCUT2D eigenvalue weighted by Crippen LogP contribution is 2.44. The van der Waals surface area contributed by atoms with E-state index in [2.05, 4.69) is 4.90 Å². The largest absolute Gasteiger partial charge is 0.492 e. The molecule has 3 aromatic rings. The molecule has 1 heterocycles. The minimum Gasteiger partial charge on any atom is -0.492 e. The zero-order valence-corrected chi connectivity index (χ0v) is 19.6. The fraction of sp³-hybridized carbons (Fsp3) is 0.250. The normalized spacial score (nSPS) is 16.3. The van der Waals surface area contributed by atoms with Crippen LogP contribution in [0.3, 0.4) is 0 Å². The number of ether oxygens (including phenoxy) is 2. The molecule has 0 atom stereocenters. The van der Waals surface area contributed by atoms with Crippen LogP contribution in [0.4, 0.5) is 22.0 Å². The molecule has 9 heteroatoms. The number of ketones is 1. The van der Waals surface area contributed by atoms with Gasteiger partial charge >= 0.3 is 6.18 Å². The zero-order valence-electron chi connectivity index (χ0n) is 19.6. The summed E-state index contributed by atoms with van der Waals surface area (Å²) in [5, 5.41) is 0. The summed E-state index contributed by atoms with van der Waals surface area (Å²) in [7, 11) is 0. The van der Waals surface area contributed by atoms with Gasteiger partial charge in [0.05, 0.1) is 18.8 Å². The number of halogens is 5. The van der Waals surface area contributed by atoms with Crippen molar-refractivity contribution in [2.75, 3.05) is 39.5 Å². The zero-order chi connectivity index (χ0) is 26.2. The Labute approximate surface area is 209 Å². The van der Waals surface area contributed by atoms with E-state index in [0.29, 0.717) is 48.8 Å². The molecule has 1 aliphatic carbocycles. The Bertz CT molecular complexity index is 1360. The van der Waals surface area contributed by atoms with Gasteiger partial charge in [-0.2, -0.15) is 13.2 Å². The lowest BCUT2D eigenvalue weighted by Crippen LogP contribution is -2.38. The van der Waals surface area contributed by atoms with Gasteiger partial charge < -0.3 is 9.47 Å². The van der Waals surface area contributed by atoms with Crippen molar-refractivity contribution in [1.29, 1.82) is 0 Å². The summed E-state index contributed by atoms with van der Waals surface area (Å²) >= 11 is 0. The van der Waals surface area contributed by atoms with Crippen LogP contribution in [0.1, 0.15) is 32.6 Å². The van der Waals surface area contributed by atoms with Gasteiger partial charge in [-0.05, 0) is 59.2 Å². The van der Waals surface area contributed by atoms with Crippen molar-refractivity contribution in [2.45, 2.75) is 6.18 Å². The van der Waals surface area contributed by atoms with E-state index in [4.69, 9.17) is 9.47 Å². The van der Waals surface area contributed by atoms with E-state index in [0.717, 1.165) is 37.4 Å². The summed E-state index contributed by atoms with van der Waals surface area (Å²) in [6.45, 7) is 4.02. The van der Waals surface area contributed by atoms with Crippen LogP contribution in [0, 0.1) is 11.6 Å². The number of allylic oxidation sites excluding steroid dienone is 1. The van der Waals surface area contributed by atoms with E-state index < -0.39 is 29.2 Å². The number of hydrogen-bond donors (Lipinski definition) is 0. The first-order valence-electron chi connectivity index (χ1n) is 11.7. The summed E-state index contributed by atoms with van der Waals surface area (Å²) in [5.41, 5.74) is 0.827. The van der Waals surface area contributed by atoms with E-state index in [9.17, 15) is 26.7 Å². The number of fused-ring (bicyclic) bond motifs is 1. The molecule has 192 valence electrons. The van der Waals surface area contributed by atoms with Crippen molar-refractivity contribution in [3.05, 3.63) is 100 Å². The van der Waals surface area contributed by atoms with Crippen LogP contribution in [0.15, 0.2) is 60.7 Å². The number of carbonyl (C=O) groups excluding carboxylic acids is 1. The molecular weight excluding hydrogens is 493 g/mol. The first-order valence-corrected chi connectivity index (χ1v) is 11.7. The molecule has 5 rings (SSSR count). The Hall–Kier alpha value is -3.56. The highest BCUT2D eigenvalue weighted by atomic mass is 19.4. The molecule has 0 unspecified atom stereocenters. The topological polar surface area (TPSA) is 38.8 Å². The first-order chi connectivity index (χ1) is 17.7. The van der Waals surface area contributed by atoms with Gasteiger partial charge in [-0.25, -0.2) is 8.78 Å². The Morgan fingerprint density at radius 2 is 1.51 bits per heavy atom. The minimum absolute atomic E-state index is 0.0825. The lowest BCUT2D eigenvalue weighted by Gasteiger charge is -2.26. The van der Waals surface area contributed by atoms with Gasteiger partial charge in [-0.1, -0.05) is 18.2 Å². The van der Waals surface area contributed by atoms with Gasteiger partial charge in [0.1, 0.15) is 12.4 Å². The summed E-state index contributed by atoms with van der Waals surface area (Å²) in [4.78, 5) is 15.7. The third-order valence-corrected chi connectivity index (χ3v) is 6.47. The first kappa shape index (κ1) is 25.1. The van der Waals surface area contributed by atoms with E-state index in [1.54, 1.807) is 18.2 Å². The Kier molecular flexibility index (Phi) is 6.83. The molecule has 0 spiro atoms. The van der Waals surface area contributed by atoms with E-state index in [1.807, 2.05) is 0 Å². The van der Waals surface area contributed by atoms with Gasteiger partial charge in [0.15, 0.2) is 17.4 Å². The number of nitrogens with zero attached hydrogens (tertiary/aromatic N) is 1. The van der Waals surface area contributed by atoms with Gasteiger partial charge in [0.2, 0.25) is 0 Å². The number of Topliss-reactive ketones (excluding diaryl/α,β-unsaturated/α-hetero) is 1. The fourth-order valence-corrected chi connectivity index (χ4v) is 4.57. The van der Waals surface area contributed by atoms with Crippen molar-refractivity contribution in [2.24, 2.45) is 0 Å². The smallest absolute Gasteiger partial charge is 0.416 e. The van der Waals surface area contributed by atoms with Crippen LogP contribution in [0.5, 0.6) is 5.75 Å². The SMILES string of the molecule is O=C1C(c2ccc(F)c(F)c2)=C(c2ccc(C(F)(F)F)cc2)c2ccc(OCCN3CCOCC3)cc21. The molecule has 0 amide bonds. The van der Waals surface area contributed by atoms with E-state index >= 15 is 0 Å². The molecule has 0 bridgehead atoms. The van der Waals surface area contributed by atoms with Crippen molar-refractivity contribution in [1.82, 2.24) is 4.90 Å². The Morgan fingerprint density at radius 1 is 0.811 bits per heavy atom. The third kappa shape index (κ3) is 5.14. The number of benzene rings is 3. The lowest BCUT2D eigenvalue weighted by atomic mass is 9.93. The van der Waals surface area contributed by atoms with Crippen molar-refractivity contribution < 1.29 is 36.2 Å². The summed E-state index contributed by atoms with van der Waals surface area (Å²) in [5.74, 6) is -2.19. The number of hydrogen-bond acceptors (Lipinski definition) is 4. The van der Waals surface area contributed by atoms with Crippen LogP contribution in [0.2, 0.25) is 0 Å². The molecule has 1 saturated heterocycles. The summed E-state index contributed by atoms with van der Waals surface area (Å²) in [6.07, 6.45) is -4.52. The number of alkyl halides is 3. The quantitative estimate of drug-likeness (QED) is 0.386. The molecule has 0 N–H and O–H groups in total. The van der Waals surface area contributed by atoms with Crippen molar-refractivity contribution in [3.8, 4) is 5.75 Å². The van der Waals surface area contributed by atoms with Gasteiger partial charge in [0, 0.05) is 36.3 Å². The second-order valence-corrected chi connectivity index (χ2v) is 8.79. The third-order valence-electron chi connectivity index (χ3n) is 6.47. The van der Waals surface area contributed by atoms with Crippen LogP contribution >= 0.6 is 0 Å². The summed E-state index contributed by atoms with van der Waals surface area (Å²) < 4.78 is 78.3. The maximum atomic E-state index is 14.1. The average Bonchev–Trinajstić information content (AvgIpc) is 3.17. The van der Waals surface area contributed by atoms with Crippen LogP contribution in [0.25, 0.3) is 11.1 Å². The number of carbonyl (C=O) groups is 1. The van der Waals surface area contributed by atoms with Crippen molar-refractivity contribution in [3.63, 3.8) is 0 Å². The fourth-order valence-electron chi connectivity index (χ4n) is 4.57. The lowest BCUT2D eigenvalue weighted by molar-refractivity contribution is -0.137. The molecule has 3 aromatic carbocycles. The maximum absolute atomic E-state index is 14.1.